The number of hydrogen-bond donors (Lipinski definition) is 0. The number of rotatable bonds is 4. The van der Waals surface area contributed by atoms with E-state index in [-0.39, 0.29) is 27.8 Å². The van der Waals surface area contributed by atoms with Crippen molar-refractivity contribution in [3.8, 4) is 0 Å². The van der Waals surface area contributed by atoms with Gasteiger partial charge in [0.25, 0.3) is 0 Å². The Morgan fingerprint density at radius 3 is 2.56 bits per heavy atom. The summed E-state index contributed by atoms with van der Waals surface area (Å²) in [5.41, 5.74) is -3.56. The maximum Gasteiger partial charge on any atom is 0.446 e. The van der Waals surface area contributed by atoms with E-state index in [0.717, 1.165) is 0 Å². The van der Waals surface area contributed by atoms with E-state index in [9.17, 15) is 18.0 Å². The van der Waals surface area contributed by atoms with Gasteiger partial charge in [-0.2, -0.15) is 13.2 Å². The van der Waals surface area contributed by atoms with Crippen LogP contribution in [0.25, 0.3) is 0 Å². The van der Waals surface area contributed by atoms with Crippen LogP contribution < -0.4 is 0 Å². The third kappa shape index (κ3) is 4.17. The summed E-state index contributed by atoms with van der Waals surface area (Å²) in [5.74, 6) is -0.298. The summed E-state index contributed by atoms with van der Waals surface area (Å²) in [6, 6.07) is 4.39. The Labute approximate surface area is 120 Å². The van der Waals surface area contributed by atoms with Gasteiger partial charge in [-0.3, -0.25) is 4.79 Å². The SMILES string of the molecule is CC(=O)C(Cl)c1cccc(SC(F)(F)F)c1CBr. The first-order chi connectivity index (χ1) is 8.26. The molecular weight excluding hydrogens is 353 g/mol. The molecule has 0 aliphatic rings. The molecule has 0 saturated heterocycles. The van der Waals surface area contributed by atoms with Crippen LogP contribution in [0.15, 0.2) is 23.1 Å². The van der Waals surface area contributed by atoms with E-state index >= 15 is 0 Å². The van der Waals surface area contributed by atoms with Gasteiger partial charge in [-0.25, -0.2) is 0 Å². The van der Waals surface area contributed by atoms with Crippen molar-refractivity contribution in [2.45, 2.75) is 28.0 Å². The van der Waals surface area contributed by atoms with E-state index in [1.165, 1.54) is 19.1 Å². The van der Waals surface area contributed by atoms with Gasteiger partial charge in [-0.1, -0.05) is 28.1 Å². The molecule has 0 aromatic heterocycles. The van der Waals surface area contributed by atoms with E-state index in [0.29, 0.717) is 11.1 Å². The molecule has 18 heavy (non-hydrogen) atoms. The summed E-state index contributed by atoms with van der Waals surface area (Å²) >= 11 is 8.84. The first-order valence-electron chi connectivity index (χ1n) is 4.84. The summed E-state index contributed by atoms with van der Waals surface area (Å²) < 4.78 is 37.2. The zero-order chi connectivity index (χ0) is 13.9. The van der Waals surface area contributed by atoms with Crippen molar-refractivity contribution in [3.63, 3.8) is 0 Å². The third-order valence-corrected chi connectivity index (χ3v) is 4.10. The Bertz CT molecular complexity index is 450. The molecule has 1 aromatic rings. The average molecular weight is 362 g/mol. The van der Waals surface area contributed by atoms with Gasteiger partial charge in [0, 0.05) is 10.2 Å². The number of alkyl halides is 5. The highest BCUT2D eigenvalue weighted by atomic mass is 79.9. The Morgan fingerprint density at radius 2 is 2.11 bits per heavy atom. The van der Waals surface area contributed by atoms with E-state index < -0.39 is 10.9 Å². The van der Waals surface area contributed by atoms with Crippen molar-refractivity contribution in [2.24, 2.45) is 0 Å². The molecule has 1 aromatic carbocycles. The van der Waals surface area contributed by atoms with Crippen LogP contribution in [-0.2, 0) is 10.1 Å². The van der Waals surface area contributed by atoms with E-state index in [1.54, 1.807) is 6.07 Å². The number of hydrogen-bond acceptors (Lipinski definition) is 2. The van der Waals surface area contributed by atoms with Gasteiger partial charge in [0.15, 0.2) is 5.78 Å². The van der Waals surface area contributed by atoms with Crippen LogP contribution in [0.5, 0.6) is 0 Å². The molecule has 1 unspecified atom stereocenters. The summed E-state index contributed by atoms with van der Waals surface area (Å²) in [5, 5.41) is -0.718. The fourth-order valence-electron chi connectivity index (χ4n) is 1.40. The molecule has 1 rings (SSSR count). The Kier molecular flexibility index (Phi) is 5.55. The molecule has 0 aliphatic carbocycles. The molecule has 0 N–H and O–H groups in total. The Hall–Kier alpha value is -0.200. The molecule has 1 nitrogen and oxygen atoms in total. The topological polar surface area (TPSA) is 17.1 Å². The van der Waals surface area contributed by atoms with E-state index in [1.807, 2.05) is 0 Å². The lowest BCUT2D eigenvalue weighted by Crippen LogP contribution is -2.07. The second kappa shape index (κ2) is 6.30. The number of halogens is 5. The molecule has 7 heteroatoms. The summed E-state index contributed by atoms with van der Waals surface area (Å²) in [6.45, 7) is 1.30. The van der Waals surface area contributed by atoms with Gasteiger partial charge in [-0.05, 0) is 35.9 Å². The Morgan fingerprint density at radius 1 is 1.50 bits per heavy atom. The zero-order valence-corrected chi connectivity index (χ0v) is 12.4. The molecule has 0 heterocycles. The van der Waals surface area contributed by atoms with Crippen LogP contribution in [0, 0.1) is 0 Å². The van der Waals surface area contributed by atoms with Crippen molar-refractivity contribution in [1.29, 1.82) is 0 Å². The lowest BCUT2D eigenvalue weighted by molar-refractivity contribution is -0.116. The third-order valence-electron chi connectivity index (χ3n) is 2.16. The molecule has 0 saturated carbocycles. The van der Waals surface area contributed by atoms with E-state index in [4.69, 9.17) is 11.6 Å². The molecule has 1 atom stereocenters. The fraction of sp³-hybridized carbons (Fsp3) is 0.364. The van der Waals surface area contributed by atoms with Crippen LogP contribution in [0.1, 0.15) is 23.4 Å². The van der Waals surface area contributed by atoms with E-state index in [2.05, 4.69) is 15.9 Å². The van der Waals surface area contributed by atoms with Gasteiger partial charge in [0.1, 0.15) is 5.38 Å². The van der Waals surface area contributed by atoms with Gasteiger partial charge >= 0.3 is 5.51 Å². The summed E-state index contributed by atoms with van der Waals surface area (Å²) in [7, 11) is 0. The minimum atomic E-state index is -4.37. The number of thioether (sulfide) groups is 1. The highest BCUT2D eigenvalue weighted by Crippen LogP contribution is 2.41. The summed E-state index contributed by atoms with van der Waals surface area (Å²) in [6.07, 6.45) is 0. The standard InChI is InChI=1S/C11H9BrClF3OS/c1-6(17)10(13)7-3-2-4-9(8(7)5-12)18-11(14,15)16/h2-4,10H,5H2,1H3. The number of benzene rings is 1. The smallest absolute Gasteiger partial charge is 0.298 e. The fourth-order valence-corrected chi connectivity index (χ4v) is 3.13. The van der Waals surface area contributed by atoms with Gasteiger partial charge in [0.05, 0.1) is 0 Å². The predicted octanol–water partition coefficient (Wildman–Crippen LogP) is 5.06. The second-order valence-electron chi connectivity index (χ2n) is 3.48. The van der Waals surface area contributed by atoms with Crippen LogP contribution >= 0.6 is 39.3 Å². The van der Waals surface area contributed by atoms with Crippen LogP contribution in [-0.4, -0.2) is 11.3 Å². The lowest BCUT2D eigenvalue weighted by Gasteiger charge is -2.15. The van der Waals surface area contributed by atoms with Crippen molar-refractivity contribution in [2.75, 3.05) is 0 Å². The number of carbonyl (C=O) groups excluding carboxylic acids is 1. The van der Waals surface area contributed by atoms with Gasteiger partial charge < -0.3 is 0 Å². The zero-order valence-electron chi connectivity index (χ0n) is 9.22. The quantitative estimate of drug-likeness (QED) is 0.550. The monoisotopic (exact) mass is 360 g/mol. The molecule has 0 aliphatic heterocycles. The second-order valence-corrected chi connectivity index (χ2v) is 5.58. The van der Waals surface area contributed by atoms with Crippen molar-refractivity contribution in [1.82, 2.24) is 0 Å². The van der Waals surface area contributed by atoms with Crippen molar-refractivity contribution >= 4 is 45.1 Å². The van der Waals surface area contributed by atoms with Gasteiger partial charge in [0.2, 0.25) is 0 Å². The lowest BCUT2D eigenvalue weighted by atomic mass is 10.0. The molecule has 0 fully saturated rings. The number of ketones is 1. The molecule has 0 radical (unpaired) electrons. The highest BCUT2D eigenvalue weighted by Gasteiger charge is 2.31. The normalized spacial score (nSPS) is 13.4. The minimum absolute atomic E-state index is 0.0591. The van der Waals surface area contributed by atoms with Crippen molar-refractivity contribution in [3.05, 3.63) is 29.3 Å². The highest BCUT2D eigenvalue weighted by molar-refractivity contribution is 9.08. The molecule has 100 valence electrons. The molecule has 0 amide bonds. The maximum atomic E-state index is 12.4. The van der Waals surface area contributed by atoms with Crippen LogP contribution in [0.3, 0.4) is 0 Å². The number of Topliss-reactive ketones (excluding diaryl/α,β-unsaturated/α-hetero) is 1. The summed E-state index contributed by atoms with van der Waals surface area (Å²) in [4.78, 5) is 11.3. The first-order valence-corrected chi connectivity index (χ1v) is 7.21. The molecular formula is C11H9BrClF3OS. The molecule has 0 spiro atoms. The van der Waals surface area contributed by atoms with Crippen LogP contribution in [0.2, 0.25) is 0 Å². The predicted molar refractivity (Wildman–Crippen MR) is 70.3 cm³/mol. The average Bonchev–Trinajstić information content (AvgIpc) is 2.25. The van der Waals surface area contributed by atoms with Crippen molar-refractivity contribution < 1.29 is 18.0 Å². The minimum Gasteiger partial charge on any atom is -0.298 e. The van der Waals surface area contributed by atoms with Gasteiger partial charge in [-0.15, -0.1) is 11.6 Å². The maximum absolute atomic E-state index is 12.4. The largest absolute Gasteiger partial charge is 0.446 e. The Balaban J connectivity index is 3.22. The molecule has 0 bridgehead atoms. The van der Waals surface area contributed by atoms with Crippen LogP contribution in [0.4, 0.5) is 13.2 Å². The number of carbonyl (C=O) groups is 1. The first kappa shape index (κ1) is 15.9.